The summed E-state index contributed by atoms with van der Waals surface area (Å²) in [6, 6.07) is 11.0. The van der Waals surface area contributed by atoms with E-state index in [9.17, 15) is 4.79 Å². The molecule has 0 aliphatic heterocycles. The highest BCUT2D eigenvalue weighted by atomic mass is 35.5. The third-order valence-electron chi connectivity index (χ3n) is 4.16. The largest absolute Gasteiger partial charge is 0.349 e. The zero-order valence-corrected chi connectivity index (χ0v) is 17.9. The number of benzene rings is 2. The maximum absolute atomic E-state index is 12.4. The molecule has 1 atom stereocenters. The summed E-state index contributed by atoms with van der Waals surface area (Å²) in [5.74, 6) is 0.0413. The second-order valence-electron chi connectivity index (χ2n) is 6.41. The van der Waals surface area contributed by atoms with Crippen LogP contribution in [0.25, 0.3) is 5.69 Å². The van der Waals surface area contributed by atoms with Crippen LogP contribution in [0.1, 0.15) is 29.7 Å². The van der Waals surface area contributed by atoms with Crippen LogP contribution in [0.3, 0.4) is 0 Å². The predicted molar refractivity (Wildman–Crippen MR) is 112 cm³/mol. The van der Waals surface area contributed by atoms with Gasteiger partial charge in [0, 0.05) is 10.0 Å². The fourth-order valence-corrected chi connectivity index (χ4v) is 4.07. The minimum atomic E-state index is -0.242. The van der Waals surface area contributed by atoms with Crippen LogP contribution in [0.5, 0.6) is 0 Å². The Hall–Kier alpha value is -2.09. The van der Waals surface area contributed by atoms with Crippen molar-refractivity contribution in [3.8, 4) is 5.69 Å². The number of tetrazole rings is 1. The summed E-state index contributed by atoms with van der Waals surface area (Å²) in [4.78, 5) is 12.4. The number of rotatable bonds is 6. The lowest BCUT2D eigenvalue weighted by atomic mass is 10.1. The molecule has 0 saturated heterocycles. The molecule has 28 heavy (non-hydrogen) atoms. The van der Waals surface area contributed by atoms with E-state index in [4.69, 9.17) is 23.2 Å². The van der Waals surface area contributed by atoms with Crippen LogP contribution in [-0.2, 0) is 4.79 Å². The first-order chi connectivity index (χ1) is 13.3. The fourth-order valence-electron chi connectivity index (χ4n) is 2.81. The molecule has 0 aliphatic carbocycles. The van der Waals surface area contributed by atoms with E-state index in [1.807, 2.05) is 39.0 Å². The Labute approximate surface area is 177 Å². The number of thioether (sulfide) groups is 1. The zero-order valence-electron chi connectivity index (χ0n) is 15.6. The topological polar surface area (TPSA) is 72.7 Å². The van der Waals surface area contributed by atoms with Crippen molar-refractivity contribution in [3.63, 3.8) is 0 Å². The van der Waals surface area contributed by atoms with Crippen LogP contribution in [0.4, 0.5) is 0 Å². The molecule has 1 amide bonds. The van der Waals surface area contributed by atoms with Gasteiger partial charge in [-0.05, 0) is 60.5 Å². The molecule has 0 radical (unpaired) electrons. The molecule has 0 spiro atoms. The average Bonchev–Trinajstić information content (AvgIpc) is 3.08. The lowest BCUT2D eigenvalue weighted by Gasteiger charge is -2.16. The summed E-state index contributed by atoms with van der Waals surface area (Å²) < 4.78 is 1.65. The van der Waals surface area contributed by atoms with Gasteiger partial charge in [0.25, 0.3) is 0 Å². The molecule has 2 aromatic carbocycles. The Morgan fingerprint density at radius 2 is 2.00 bits per heavy atom. The van der Waals surface area contributed by atoms with Gasteiger partial charge in [0.15, 0.2) is 0 Å². The summed E-state index contributed by atoms with van der Waals surface area (Å²) in [6.45, 7) is 5.91. The van der Waals surface area contributed by atoms with Crippen molar-refractivity contribution in [2.45, 2.75) is 32.0 Å². The third-order valence-corrected chi connectivity index (χ3v) is 5.64. The quantitative estimate of drug-likeness (QED) is 0.574. The fraction of sp³-hybridized carbons (Fsp3) is 0.263. The van der Waals surface area contributed by atoms with Crippen LogP contribution < -0.4 is 5.32 Å². The van der Waals surface area contributed by atoms with Crippen molar-refractivity contribution in [1.29, 1.82) is 0 Å². The Morgan fingerprint density at radius 1 is 1.21 bits per heavy atom. The van der Waals surface area contributed by atoms with Gasteiger partial charge in [-0.3, -0.25) is 4.79 Å². The molecule has 1 heterocycles. The monoisotopic (exact) mass is 435 g/mol. The van der Waals surface area contributed by atoms with Gasteiger partial charge in [0.2, 0.25) is 11.1 Å². The van der Waals surface area contributed by atoms with Crippen molar-refractivity contribution >= 4 is 40.9 Å². The standard InChI is InChI=1S/C19H19Cl2N5OS/c1-11-4-7-17(12(2)8-11)26-19(23-24-25-26)28-10-18(27)22-13(3)15-6-5-14(20)9-16(15)21/h4-9,13H,10H2,1-3H3,(H,22,27). The van der Waals surface area contributed by atoms with E-state index >= 15 is 0 Å². The number of aromatic nitrogens is 4. The summed E-state index contributed by atoms with van der Waals surface area (Å²) >= 11 is 13.4. The van der Waals surface area contributed by atoms with Gasteiger partial charge in [-0.15, -0.1) is 5.10 Å². The number of amides is 1. The summed E-state index contributed by atoms with van der Waals surface area (Å²) in [5.41, 5.74) is 3.92. The van der Waals surface area contributed by atoms with E-state index in [0.717, 1.165) is 22.4 Å². The number of carbonyl (C=O) groups excluding carboxylic acids is 1. The smallest absolute Gasteiger partial charge is 0.230 e. The highest BCUT2D eigenvalue weighted by molar-refractivity contribution is 7.99. The maximum atomic E-state index is 12.4. The minimum Gasteiger partial charge on any atom is -0.349 e. The molecule has 1 aromatic heterocycles. The first-order valence-corrected chi connectivity index (χ1v) is 10.3. The van der Waals surface area contributed by atoms with Crippen LogP contribution in [0.15, 0.2) is 41.6 Å². The van der Waals surface area contributed by atoms with Crippen LogP contribution in [0.2, 0.25) is 10.0 Å². The van der Waals surface area contributed by atoms with Crippen molar-refractivity contribution in [1.82, 2.24) is 25.5 Å². The van der Waals surface area contributed by atoms with Gasteiger partial charge in [0.1, 0.15) is 0 Å². The molecule has 0 saturated carbocycles. The van der Waals surface area contributed by atoms with E-state index in [-0.39, 0.29) is 17.7 Å². The van der Waals surface area contributed by atoms with Crippen molar-refractivity contribution in [2.75, 3.05) is 5.75 Å². The van der Waals surface area contributed by atoms with E-state index in [1.54, 1.807) is 16.8 Å². The molecule has 1 unspecified atom stereocenters. The van der Waals surface area contributed by atoms with Gasteiger partial charge in [0.05, 0.1) is 17.5 Å². The van der Waals surface area contributed by atoms with E-state index < -0.39 is 0 Å². The minimum absolute atomic E-state index is 0.140. The van der Waals surface area contributed by atoms with Gasteiger partial charge >= 0.3 is 0 Å². The molecule has 0 fully saturated rings. The average molecular weight is 436 g/mol. The Kier molecular flexibility index (Phi) is 6.59. The van der Waals surface area contributed by atoms with Gasteiger partial charge in [-0.25, -0.2) is 0 Å². The number of carbonyl (C=O) groups is 1. The van der Waals surface area contributed by atoms with Crippen molar-refractivity contribution in [3.05, 3.63) is 63.1 Å². The molecular formula is C19H19Cl2N5OS. The Morgan fingerprint density at radius 3 is 2.71 bits per heavy atom. The highest BCUT2D eigenvalue weighted by Crippen LogP contribution is 2.26. The number of hydrogen-bond acceptors (Lipinski definition) is 5. The molecule has 3 aromatic rings. The zero-order chi connectivity index (χ0) is 20.3. The highest BCUT2D eigenvalue weighted by Gasteiger charge is 2.16. The van der Waals surface area contributed by atoms with Gasteiger partial charge in [-0.2, -0.15) is 4.68 Å². The first kappa shape index (κ1) is 20.6. The summed E-state index contributed by atoms with van der Waals surface area (Å²) in [5, 5.41) is 16.4. The number of halogens is 2. The van der Waals surface area contributed by atoms with Crippen molar-refractivity contribution < 1.29 is 4.79 Å². The number of hydrogen-bond donors (Lipinski definition) is 1. The van der Waals surface area contributed by atoms with E-state index in [1.165, 1.54) is 11.8 Å². The molecule has 6 nitrogen and oxygen atoms in total. The molecule has 1 N–H and O–H groups in total. The second-order valence-corrected chi connectivity index (χ2v) is 8.19. The molecule has 9 heteroatoms. The van der Waals surface area contributed by atoms with Crippen LogP contribution >= 0.6 is 35.0 Å². The number of nitrogens with zero attached hydrogens (tertiary/aromatic N) is 4. The first-order valence-electron chi connectivity index (χ1n) is 8.58. The number of aryl methyl sites for hydroxylation is 2. The van der Waals surface area contributed by atoms with Crippen LogP contribution in [0, 0.1) is 13.8 Å². The maximum Gasteiger partial charge on any atom is 0.230 e. The molecule has 146 valence electrons. The molecule has 0 aliphatic rings. The Balaban J connectivity index is 1.65. The summed E-state index contributed by atoms with van der Waals surface area (Å²) in [7, 11) is 0. The van der Waals surface area contributed by atoms with E-state index in [2.05, 4.69) is 26.9 Å². The SMILES string of the molecule is Cc1ccc(-n2nnnc2SCC(=O)NC(C)c2ccc(Cl)cc2Cl)c(C)c1. The van der Waals surface area contributed by atoms with Crippen molar-refractivity contribution in [2.24, 2.45) is 0 Å². The van der Waals surface area contributed by atoms with Gasteiger partial charge in [-0.1, -0.05) is 58.7 Å². The molecule has 3 rings (SSSR count). The predicted octanol–water partition coefficient (Wildman–Crippen LogP) is 4.56. The van der Waals surface area contributed by atoms with Crippen LogP contribution in [-0.4, -0.2) is 31.9 Å². The lowest BCUT2D eigenvalue weighted by Crippen LogP contribution is -2.28. The Bertz CT molecular complexity index is 1010. The number of nitrogens with one attached hydrogen (secondary N) is 1. The third kappa shape index (κ3) is 4.84. The lowest BCUT2D eigenvalue weighted by molar-refractivity contribution is -0.119. The second kappa shape index (κ2) is 8.94. The van der Waals surface area contributed by atoms with E-state index in [0.29, 0.717) is 15.2 Å². The molecule has 0 bridgehead atoms. The normalized spacial score (nSPS) is 12.0. The summed E-state index contributed by atoms with van der Waals surface area (Å²) in [6.07, 6.45) is 0. The van der Waals surface area contributed by atoms with Gasteiger partial charge < -0.3 is 5.32 Å². The molecular weight excluding hydrogens is 417 g/mol.